The number of likely N-dealkylation sites (N-methyl/N-ethyl adjacent to an activating group) is 1. The smallest absolute Gasteiger partial charge is 0.416 e. The maximum absolute atomic E-state index is 14.1. The number of carboxylic acid groups (broad SMARTS) is 1. The molecule has 2 atom stereocenters. The fourth-order valence-corrected chi connectivity index (χ4v) is 5.74. The van der Waals surface area contributed by atoms with Crippen molar-refractivity contribution in [2.24, 2.45) is 0 Å². The molecule has 0 fully saturated rings. The van der Waals surface area contributed by atoms with Crippen LogP contribution in [0.5, 0.6) is 0 Å². The van der Waals surface area contributed by atoms with Gasteiger partial charge in [0.15, 0.2) is 0 Å². The standard InChI is InChI=1S/C33H34F9N5O5/c1-4-23-15-27(25-14-20(31(34,35)36)5-6-26(25)47(23)30(50)52-9-7-28(48)49)46(29-43-16-24(17-44-29)45(2)8-10-51-3)18-19-11-21(32(37,38)39)13-22(12-19)33(40,41)42/h5-6,11-14,16-17,23,27H,4,7-10,15,18H2,1-3H3,(H,48,49)/t23-,27+/m1/s1. The number of aliphatic carboxylic acids is 1. The lowest BCUT2D eigenvalue weighted by Crippen LogP contribution is -2.48. The third kappa shape index (κ3) is 9.54. The molecule has 3 aromatic rings. The average molecular weight is 752 g/mol. The molecule has 1 aliphatic rings. The Labute approximate surface area is 291 Å². The highest BCUT2D eigenvalue weighted by Crippen LogP contribution is 2.46. The van der Waals surface area contributed by atoms with Crippen LogP contribution < -0.4 is 14.7 Å². The second-order valence-corrected chi connectivity index (χ2v) is 11.9. The molecule has 1 aromatic heterocycles. The minimum absolute atomic E-state index is 0.0402. The molecule has 0 aliphatic carbocycles. The number of carboxylic acids is 1. The molecule has 2 aromatic carbocycles. The van der Waals surface area contributed by atoms with Gasteiger partial charge in [0.05, 0.1) is 59.5 Å². The summed E-state index contributed by atoms with van der Waals surface area (Å²) in [6.07, 6.45) is -14.3. The van der Waals surface area contributed by atoms with Crippen molar-refractivity contribution < 1.29 is 63.7 Å². The van der Waals surface area contributed by atoms with E-state index < -0.39 is 84.5 Å². The summed E-state index contributed by atoms with van der Waals surface area (Å²) in [6.45, 7) is 1.06. The fourth-order valence-electron chi connectivity index (χ4n) is 5.74. The van der Waals surface area contributed by atoms with Gasteiger partial charge in [0.1, 0.15) is 6.61 Å². The molecule has 0 saturated heterocycles. The van der Waals surface area contributed by atoms with E-state index in [4.69, 9.17) is 14.6 Å². The molecule has 19 heteroatoms. The highest BCUT2D eigenvalue weighted by molar-refractivity contribution is 5.90. The first-order valence-electron chi connectivity index (χ1n) is 15.7. The number of carbonyl (C=O) groups is 2. The summed E-state index contributed by atoms with van der Waals surface area (Å²) in [5.74, 6) is -1.51. The highest BCUT2D eigenvalue weighted by atomic mass is 19.4. The number of benzene rings is 2. The molecule has 4 rings (SSSR count). The van der Waals surface area contributed by atoms with E-state index in [0.29, 0.717) is 37.0 Å². The Morgan fingerprint density at radius 3 is 2.02 bits per heavy atom. The summed E-state index contributed by atoms with van der Waals surface area (Å²) in [5, 5.41) is 8.97. The summed E-state index contributed by atoms with van der Waals surface area (Å²) in [6, 6.07) is 1.33. The molecule has 2 heterocycles. The Morgan fingerprint density at radius 2 is 1.50 bits per heavy atom. The molecule has 0 radical (unpaired) electrons. The number of methoxy groups -OCH3 is 1. The lowest BCUT2D eigenvalue weighted by atomic mass is 9.87. The van der Waals surface area contributed by atoms with Gasteiger partial charge in [-0.05, 0) is 60.4 Å². The van der Waals surface area contributed by atoms with Gasteiger partial charge in [0.2, 0.25) is 5.95 Å². The molecule has 1 amide bonds. The highest BCUT2D eigenvalue weighted by Gasteiger charge is 2.43. The van der Waals surface area contributed by atoms with E-state index in [1.54, 1.807) is 18.9 Å². The Bertz CT molecular complexity index is 1690. The number of amides is 1. The first-order valence-corrected chi connectivity index (χ1v) is 15.7. The van der Waals surface area contributed by atoms with E-state index in [2.05, 4.69) is 9.97 Å². The van der Waals surface area contributed by atoms with Crippen LogP contribution in [0.4, 0.5) is 61.6 Å². The molecule has 10 nitrogen and oxygen atoms in total. The molecule has 0 bridgehead atoms. The molecular formula is C33H34F9N5O5. The Balaban J connectivity index is 1.93. The van der Waals surface area contributed by atoms with Crippen molar-refractivity contribution in [1.82, 2.24) is 9.97 Å². The first kappa shape index (κ1) is 40.0. The van der Waals surface area contributed by atoms with Crippen molar-refractivity contribution in [2.45, 2.75) is 63.3 Å². The zero-order chi connectivity index (χ0) is 38.6. The number of hydrogen-bond acceptors (Lipinski definition) is 8. The molecule has 1 aliphatic heterocycles. The van der Waals surface area contributed by atoms with E-state index in [-0.39, 0.29) is 36.1 Å². The van der Waals surface area contributed by atoms with Crippen LogP contribution in [0.2, 0.25) is 0 Å². The molecule has 0 unspecified atom stereocenters. The van der Waals surface area contributed by atoms with Crippen molar-refractivity contribution in [3.05, 3.63) is 76.6 Å². The number of nitrogens with zero attached hydrogens (tertiary/aromatic N) is 5. The van der Waals surface area contributed by atoms with Crippen molar-refractivity contribution in [1.29, 1.82) is 0 Å². The topological polar surface area (TPSA) is 108 Å². The molecule has 1 N–H and O–H groups in total. The number of carbonyl (C=O) groups excluding carboxylic acids is 1. The summed E-state index contributed by atoms with van der Waals surface area (Å²) >= 11 is 0. The number of fused-ring (bicyclic) bond motifs is 1. The minimum atomic E-state index is -5.18. The van der Waals surface area contributed by atoms with Crippen LogP contribution in [0.1, 0.15) is 60.0 Å². The molecule has 0 saturated carbocycles. The van der Waals surface area contributed by atoms with E-state index in [1.807, 2.05) is 0 Å². The number of halogens is 9. The largest absolute Gasteiger partial charge is 0.481 e. The third-order valence-corrected chi connectivity index (χ3v) is 8.37. The Kier molecular flexibility index (Phi) is 12.2. The number of aromatic nitrogens is 2. The quantitative estimate of drug-likeness (QED) is 0.185. The van der Waals surface area contributed by atoms with Gasteiger partial charge in [0, 0.05) is 33.3 Å². The molecule has 52 heavy (non-hydrogen) atoms. The van der Waals surface area contributed by atoms with Crippen LogP contribution in [0, 0.1) is 0 Å². The van der Waals surface area contributed by atoms with Crippen molar-refractivity contribution in [3.8, 4) is 0 Å². The molecular weight excluding hydrogens is 717 g/mol. The SMILES string of the molecule is CC[C@@H]1C[C@H](N(Cc2cc(C(F)(F)F)cc(C(F)(F)F)c2)c2ncc(N(C)CCOC)cn2)c2cc(C(F)(F)F)ccc2N1C(=O)OCCC(=O)O. The predicted molar refractivity (Wildman–Crippen MR) is 169 cm³/mol. The number of anilines is 3. The van der Waals surface area contributed by atoms with Gasteiger partial charge in [-0.2, -0.15) is 39.5 Å². The van der Waals surface area contributed by atoms with Crippen molar-refractivity contribution in [2.75, 3.05) is 48.6 Å². The molecule has 0 spiro atoms. The van der Waals surface area contributed by atoms with Crippen LogP contribution in [-0.2, 0) is 39.3 Å². The van der Waals surface area contributed by atoms with Gasteiger partial charge in [-0.15, -0.1) is 0 Å². The van der Waals surface area contributed by atoms with Gasteiger partial charge < -0.3 is 24.4 Å². The second-order valence-electron chi connectivity index (χ2n) is 11.9. The van der Waals surface area contributed by atoms with Crippen molar-refractivity contribution in [3.63, 3.8) is 0 Å². The lowest BCUT2D eigenvalue weighted by molar-refractivity contribution is -0.143. The fraction of sp³-hybridized carbons (Fsp3) is 0.455. The van der Waals surface area contributed by atoms with Crippen LogP contribution in [0.3, 0.4) is 0 Å². The van der Waals surface area contributed by atoms with E-state index in [1.165, 1.54) is 24.4 Å². The minimum Gasteiger partial charge on any atom is -0.481 e. The van der Waals surface area contributed by atoms with Gasteiger partial charge in [-0.1, -0.05) is 6.92 Å². The lowest BCUT2D eigenvalue weighted by Gasteiger charge is -2.44. The Morgan fingerprint density at radius 1 is 0.904 bits per heavy atom. The summed E-state index contributed by atoms with van der Waals surface area (Å²) in [4.78, 5) is 36.9. The van der Waals surface area contributed by atoms with E-state index >= 15 is 0 Å². The number of alkyl halides is 9. The second kappa shape index (κ2) is 15.8. The van der Waals surface area contributed by atoms with Gasteiger partial charge >= 0.3 is 30.6 Å². The van der Waals surface area contributed by atoms with Crippen LogP contribution in [0.25, 0.3) is 0 Å². The van der Waals surface area contributed by atoms with Crippen molar-refractivity contribution >= 4 is 29.4 Å². The monoisotopic (exact) mass is 751 g/mol. The van der Waals surface area contributed by atoms with Gasteiger partial charge in [0.25, 0.3) is 0 Å². The zero-order valence-electron chi connectivity index (χ0n) is 27.9. The predicted octanol–water partition coefficient (Wildman–Crippen LogP) is 7.96. The maximum Gasteiger partial charge on any atom is 0.416 e. The number of hydrogen-bond donors (Lipinski definition) is 1. The van der Waals surface area contributed by atoms with Crippen LogP contribution in [-0.4, -0.2) is 67.1 Å². The molecule has 284 valence electrons. The third-order valence-electron chi connectivity index (χ3n) is 8.37. The van der Waals surface area contributed by atoms with Gasteiger partial charge in [-0.25, -0.2) is 14.8 Å². The van der Waals surface area contributed by atoms with Crippen LogP contribution in [0.15, 0.2) is 48.8 Å². The van der Waals surface area contributed by atoms with Crippen LogP contribution >= 0.6 is 0 Å². The number of ether oxygens (including phenoxy) is 2. The summed E-state index contributed by atoms with van der Waals surface area (Å²) < 4.78 is 136. The zero-order valence-corrected chi connectivity index (χ0v) is 27.9. The van der Waals surface area contributed by atoms with E-state index in [0.717, 1.165) is 17.0 Å². The summed E-state index contributed by atoms with van der Waals surface area (Å²) in [7, 11) is 3.17. The van der Waals surface area contributed by atoms with E-state index in [9.17, 15) is 49.1 Å². The Hall–Kier alpha value is -4.81. The number of rotatable bonds is 12. The average Bonchev–Trinajstić information content (AvgIpc) is 3.07. The first-order chi connectivity index (χ1) is 24.2. The van der Waals surface area contributed by atoms with Gasteiger partial charge in [-0.3, -0.25) is 9.69 Å². The maximum atomic E-state index is 14.1. The normalized spacial score (nSPS) is 16.3. The summed E-state index contributed by atoms with van der Waals surface area (Å²) in [5.41, 5.74) is -4.68.